The van der Waals surface area contributed by atoms with Crippen molar-refractivity contribution in [1.29, 1.82) is 0 Å². The average Bonchev–Trinajstić information content (AvgIpc) is 2.42. The van der Waals surface area contributed by atoms with Crippen molar-refractivity contribution in [3.8, 4) is 0 Å². The van der Waals surface area contributed by atoms with Crippen LogP contribution in [-0.2, 0) is 13.3 Å². The molecule has 0 aliphatic carbocycles. The van der Waals surface area contributed by atoms with Crippen LogP contribution in [0.4, 0.5) is 0 Å². The van der Waals surface area contributed by atoms with E-state index in [2.05, 4.69) is 0 Å². The van der Waals surface area contributed by atoms with Crippen molar-refractivity contribution in [2.24, 2.45) is 5.73 Å². The first-order valence-corrected chi connectivity index (χ1v) is 9.03. The molecule has 0 aliphatic rings. The predicted molar refractivity (Wildman–Crippen MR) is 77.6 cm³/mol. The third kappa shape index (κ3) is 8.21. The third-order valence-electron chi connectivity index (χ3n) is 3.37. The lowest BCUT2D eigenvalue weighted by Gasteiger charge is -2.24. The molecule has 5 heteroatoms. The summed E-state index contributed by atoms with van der Waals surface area (Å²) in [5.41, 5.74) is 5.46. The first kappa shape index (κ1) is 18.1. The summed E-state index contributed by atoms with van der Waals surface area (Å²) in [6.07, 6.45) is 10.1. The Morgan fingerprint density at radius 2 is 1.06 bits per heavy atom. The summed E-state index contributed by atoms with van der Waals surface area (Å²) in [7, 11) is 2.71. The van der Waals surface area contributed by atoms with Crippen LogP contribution in [0.5, 0.6) is 0 Å². The van der Waals surface area contributed by atoms with Crippen molar-refractivity contribution in [2.45, 2.75) is 57.4 Å². The molecule has 110 valence electrons. The van der Waals surface area contributed by atoms with Crippen molar-refractivity contribution in [3.05, 3.63) is 0 Å². The van der Waals surface area contributed by atoms with Gasteiger partial charge in [0.1, 0.15) is 0 Å². The van der Waals surface area contributed by atoms with Crippen LogP contribution in [0.1, 0.15) is 51.4 Å². The SMILES string of the molecule is CO[Si](CCCCCCCCCCN)(OC)OC. The summed E-state index contributed by atoms with van der Waals surface area (Å²) >= 11 is 0. The second kappa shape index (κ2) is 12.1. The molecule has 0 heterocycles. The van der Waals surface area contributed by atoms with Gasteiger partial charge in [0, 0.05) is 27.4 Å². The summed E-state index contributed by atoms with van der Waals surface area (Å²) < 4.78 is 16.2. The fourth-order valence-corrected chi connectivity index (χ4v) is 3.90. The molecule has 4 nitrogen and oxygen atoms in total. The number of unbranched alkanes of at least 4 members (excludes halogenated alkanes) is 7. The van der Waals surface area contributed by atoms with Crippen LogP contribution in [0.3, 0.4) is 0 Å². The molecule has 0 saturated carbocycles. The van der Waals surface area contributed by atoms with E-state index in [4.69, 9.17) is 19.0 Å². The standard InChI is InChI=1S/C13H31NO3Si/c1-15-18(16-2,17-3)13-11-9-7-5-4-6-8-10-12-14/h4-14H2,1-3H3. The van der Waals surface area contributed by atoms with Gasteiger partial charge >= 0.3 is 8.80 Å². The molecule has 0 unspecified atom stereocenters. The second-order valence-electron chi connectivity index (χ2n) is 4.66. The molecule has 0 aromatic rings. The van der Waals surface area contributed by atoms with Crippen molar-refractivity contribution < 1.29 is 13.3 Å². The molecule has 0 aliphatic heterocycles. The maximum atomic E-state index is 5.46. The van der Waals surface area contributed by atoms with Gasteiger partial charge in [-0.2, -0.15) is 0 Å². The Morgan fingerprint density at radius 1 is 0.667 bits per heavy atom. The van der Waals surface area contributed by atoms with Gasteiger partial charge in [0.2, 0.25) is 0 Å². The van der Waals surface area contributed by atoms with E-state index in [-0.39, 0.29) is 0 Å². The van der Waals surface area contributed by atoms with Crippen molar-refractivity contribution in [3.63, 3.8) is 0 Å². The minimum atomic E-state index is -2.32. The fourth-order valence-electron chi connectivity index (χ4n) is 2.10. The van der Waals surface area contributed by atoms with Crippen LogP contribution in [0.15, 0.2) is 0 Å². The summed E-state index contributed by atoms with van der Waals surface area (Å²) in [6, 6.07) is 0.920. The Balaban J connectivity index is 3.38. The predicted octanol–water partition coefficient (Wildman–Crippen LogP) is 2.94. The molecule has 0 amide bonds. The quantitative estimate of drug-likeness (QED) is 0.415. The maximum Gasteiger partial charge on any atom is 0.500 e. The third-order valence-corrected chi connectivity index (χ3v) is 6.20. The molecule has 2 N–H and O–H groups in total. The topological polar surface area (TPSA) is 53.7 Å². The summed E-state index contributed by atoms with van der Waals surface area (Å²) in [5, 5.41) is 0. The summed E-state index contributed by atoms with van der Waals surface area (Å²) in [4.78, 5) is 0. The van der Waals surface area contributed by atoms with Crippen LogP contribution >= 0.6 is 0 Å². The largest absolute Gasteiger partial charge is 0.500 e. The summed E-state index contributed by atoms with van der Waals surface area (Å²) in [6.45, 7) is 0.831. The molecule has 0 fully saturated rings. The maximum absolute atomic E-state index is 5.46. The molecule has 0 bridgehead atoms. The van der Waals surface area contributed by atoms with Crippen LogP contribution < -0.4 is 5.73 Å². The molecule has 0 rings (SSSR count). The Morgan fingerprint density at radius 3 is 1.44 bits per heavy atom. The smallest absolute Gasteiger partial charge is 0.377 e. The first-order chi connectivity index (χ1) is 8.74. The summed E-state index contributed by atoms with van der Waals surface area (Å²) in [5.74, 6) is 0. The molecular formula is C13H31NO3Si. The Labute approximate surface area is 114 Å². The second-order valence-corrected chi connectivity index (χ2v) is 7.75. The van der Waals surface area contributed by atoms with Gasteiger partial charge in [-0.05, 0) is 19.4 Å². The van der Waals surface area contributed by atoms with Gasteiger partial charge in [-0.1, -0.05) is 38.5 Å². The zero-order valence-electron chi connectivity index (χ0n) is 12.4. The highest BCUT2D eigenvalue weighted by Gasteiger charge is 2.36. The van der Waals surface area contributed by atoms with Gasteiger partial charge in [0.15, 0.2) is 0 Å². The van der Waals surface area contributed by atoms with Crippen molar-refractivity contribution >= 4 is 8.80 Å². The van der Waals surface area contributed by atoms with E-state index in [1.807, 2.05) is 0 Å². The van der Waals surface area contributed by atoms with E-state index in [9.17, 15) is 0 Å². The van der Waals surface area contributed by atoms with Gasteiger partial charge < -0.3 is 19.0 Å². The van der Waals surface area contributed by atoms with Crippen LogP contribution in [-0.4, -0.2) is 36.7 Å². The fraction of sp³-hybridized carbons (Fsp3) is 1.00. The molecule has 0 atom stereocenters. The lowest BCUT2D eigenvalue weighted by Crippen LogP contribution is -2.42. The molecule has 0 aromatic carbocycles. The average molecular weight is 277 g/mol. The first-order valence-electron chi connectivity index (χ1n) is 7.10. The normalized spacial score (nSPS) is 12.0. The molecule has 0 saturated heterocycles. The van der Waals surface area contributed by atoms with E-state index in [0.717, 1.165) is 19.0 Å². The molecule has 0 aromatic heterocycles. The Hall–Kier alpha value is 0.0569. The van der Waals surface area contributed by atoms with E-state index < -0.39 is 8.80 Å². The number of hydrogen-bond donors (Lipinski definition) is 1. The number of nitrogens with two attached hydrogens (primary N) is 1. The lowest BCUT2D eigenvalue weighted by molar-refractivity contribution is 0.122. The number of rotatable bonds is 13. The Kier molecular flexibility index (Phi) is 12.1. The highest BCUT2D eigenvalue weighted by molar-refractivity contribution is 6.60. The Bertz CT molecular complexity index is 169. The van der Waals surface area contributed by atoms with Gasteiger partial charge in [0.05, 0.1) is 0 Å². The lowest BCUT2D eigenvalue weighted by atomic mass is 10.1. The minimum Gasteiger partial charge on any atom is -0.377 e. The van der Waals surface area contributed by atoms with Gasteiger partial charge in [-0.15, -0.1) is 0 Å². The highest BCUT2D eigenvalue weighted by atomic mass is 28.4. The van der Waals surface area contributed by atoms with Gasteiger partial charge in [-0.25, -0.2) is 0 Å². The minimum absolute atomic E-state index is 0.831. The molecule has 0 radical (unpaired) electrons. The van der Waals surface area contributed by atoms with Gasteiger partial charge in [0.25, 0.3) is 0 Å². The van der Waals surface area contributed by atoms with Crippen LogP contribution in [0.2, 0.25) is 6.04 Å². The van der Waals surface area contributed by atoms with Crippen LogP contribution in [0, 0.1) is 0 Å². The van der Waals surface area contributed by atoms with Crippen molar-refractivity contribution in [1.82, 2.24) is 0 Å². The molecule has 18 heavy (non-hydrogen) atoms. The highest BCUT2D eigenvalue weighted by Crippen LogP contribution is 2.18. The zero-order chi connectivity index (χ0) is 13.7. The molecule has 0 spiro atoms. The number of hydrogen-bond acceptors (Lipinski definition) is 4. The van der Waals surface area contributed by atoms with E-state index in [1.165, 1.54) is 44.9 Å². The monoisotopic (exact) mass is 277 g/mol. The van der Waals surface area contributed by atoms with Crippen LogP contribution in [0.25, 0.3) is 0 Å². The van der Waals surface area contributed by atoms with Gasteiger partial charge in [-0.3, -0.25) is 0 Å². The van der Waals surface area contributed by atoms with E-state index >= 15 is 0 Å². The van der Waals surface area contributed by atoms with E-state index in [0.29, 0.717) is 0 Å². The van der Waals surface area contributed by atoms with Crippen molar-refractivity contribution in [2.75, 3.05) is 27.9 Å². The van der Waals surface area contributed by atoms with E-state index in [1.54, 1.807) is 21.3 Å². The zero-order valence-corrected chi connectivity index (χ0v) is 13.4. The molecular weight excluding hydrogens is 246 g/mol.